The van der Waals surface area contributed by atoms with E-state index in [0.717, 1.165) is 26.1 Å². The van der Waals surface area contributed by atoms with Gasteiger partial charge in [0, 0.05) is 37.3 Å². The minimum Gasteiger partial charge on any atom is -0.372 e. The van der Waals surface area contributed by atoms with Gasteiger partial charge in [-0.3, -0.25) is 4.57 Å². The maximum Gasteiger partial charge on any atom is 0.229 e. The molecule has 9 nitrogen and oxygen atoms in total. The smallest absolute Gasteiger partial charge is 0.229 e. The Kier molecular flexibility index (Phi) is 5.36. The average molecular weight is 506 g/mol. The van der Waals surface area contributed by atoms with Crippen molar-refractivity contribution in [3.63, 3.8) is 0 Å². The summed E-state index contributed by atoms with van der Waals surface area (Å²) in [6.45, 7) is 3.43. The van der Waals surface area contributed by atoms with E-state index >= 15 is 0 Å². The number of anilines is 3. The monoisotopic (exact) mass is 505 g/mol. The van der Waals surface area contributed by atoms with Crippen LogP contribution < -0.4 is 10.2 Å². The Balaban J connectivity index is 1.44. The Morgan fingerprint density at radius 2 is 1.81 bits per heavy atom. The van der Waals surface area contributed by atoms with Gasteiger partial charge in [-0.15, -0.1) is 0 Å². The lowest BCUT2D eigenvalue weighted by molar-refractivity contribution is 0.347. The molecule has 2 aromatic heterocycles. The van der Waals surface area contributed by atoms with Crippen LogP contribution in [-0.2, 0) is 9.84 Å². The molecule has 2 aromatic carbocycles. The van der Waals surface area contributed by atoms with Crippen LogP contribution in [0.4, 0.5) is 21.8 Å². The third kappa shape index (κ3) is 4.15. The van der Waals surface area contributed by atoms with Gasteiger partial charge in [-0.05, 0) is 48.9 Å². The fourth-order valence-electron chi connectivity index (χ4n) is 4.62. The number of nitrogens with one attached hydrogen (secondary N) is 1. The Hall–Kier alpha value is -3.99. The summed E-state index contributed by atoms with van der Waals surface area (Å²) < 4.78 is 39.4. The number of rotatable bonds is 5. The van der Waals surface area contributed by atoms with Gasteiger partial charge in [-0.1, -0.05) is 12.1 Å². The van der Waals surface area contributed by atoms with Crippen LogP contribution in [0.5, 0.6) is 0 Å². The lowest BCUT2D eigenvalue weighted by Crippen LogP contribution is -2.44. The number of aromatic nitrogens is 4. The van der Waals surface area contributed by atoms with Gasteiger partial charge in [0.15, 0.2) is 26.8 Å². The molecule has 0 spiro atoms. The molecular weight excluding hydrogens is 481 g/mol. The molecule has 6 rings (SSSR count). The van der Waals surface area contributed by atoms with Crippen molar-refractivity contribution in [2.24, 2.45) is 0 Å². The summed E-state index contributed by atoms with van der Waals surface area (Å²) in [6, 6.07) is 12.7. The summed E-state index contributed by atoms with van der Waals surface area (Å²) in [5.74, 6) is 0.681. The van der Waals surface area contributed by atoms with Crippen molar-refractivity contribution in [2.75, 3.05) is 42.7 Å². The van der Waals surface area contributed by atoms with Gasteiger partial charge in [0.05, 0.1) is 17.1 Å². The van der Waals surface area contributed by atoms with Gasteiger partial charge in [-0.25, -0.2) is 17.8 Å². The second-order valence-corrected chi connectivity index (χ2v) is 11.0. The molecule has 184 valence electrons. The quantitative estimate of drug-likeness (QED) is 0.440. The molecule has 0 atom stereocenters. The number of imidazole rings is 1. The van der Waals surface area contributed by atoms with Crippen LogP contribution in [-0.4, -0.2) is 65.3 Å². The summed E-state index contributed by atoms with van der Waals surface area (Å²) in [5, 5.41) is 3.28. The molecule has 0 radical (unpaired) electrons. The van der Waals surface area contributed by atoms with E-state index in [-0.39, 0.29) is 10.7 Å². The first-order chi connectivity index (χ1) is 17.3. The van der Waals surface area contributed by atoms with E-state index in [4.69, 9.17) is 9.97 Å². The maximum absolute atomic E-state index is 14.0. The fourth-order valence-corrected chi connectivity index (χ4v) is 5.25. The molecule has 1 N–H and O–H groups in total. The second-order valence-electron chi connectivity index (χ2n) is 8.95. The molecule has 11 heteroatoms. The highest BCUT2D eigenvalue weighted by Gasteiger charge is 2.26. The van der Waals surface area contributed by atoms with E-state index in [1.165, 1.54) is 24.1 Å². The molecular formula is C25H24FN7O2S. The Labute approximate surface area is 207 Å². The normalized spacial score (nSPS) is 15.8. The third-order valence-electron chi connectivity index (χ3n) is 6.48. The molecule has 0 amide bonds. The number of halogens is 1. The van der Waals surface area contributed by atoms with Crippen LogP contribution >= 0.6 is 0 Å². The lowest BCUT2D eigenvalue weighted by Gasteiger charge is -2.35. The number of piperazine rings is 1. The van der Waals surface area contributed by atoms with Crippen LogP contribution in [0.3, 0.4) is 0 Å². The summed E-state index contributed by atoms with van der Waals surface area (Å²) >= 11 is 0. The number of hydrogen-bond donors (Lipinski definition) is 1. The van der Waals surface area contributed by atoms with E-state index in [1.807, 2.05) is 0 Å². The molecule has 0 unspecified atom stereocenters. The van der Waals surface area contributed by atoms with E-state index in [0.29, 0.717) is 40.8 Å². The molecule has 1 fully saturated rings. The van der Waals surface area contributed by atoms with Crippen LogP contribution in [0, 0.1) is 5.82 Å². The Bertz CT molecular complexity index is 1600. The summed E-state index contributed by atoms with van der Waals surface area (Å²) in [7, 11) is -3.30. The van der Waals surface area contributed by atoms with Gasteiger partial charge < -0.3 is 15.1 Å². The number of hydrogen-bond acceptors (Lipinski definition) is 8. The molecule has 0 saturated carbocycles. The van der Waals surface area contributed by atoms with Crippen molar-refractivity contribution in [1.29, 1.82) is 0 Å². The zero-order chi connectivity index (χ0) is 24.9. The Morgan fingerprint density at radius 1 is 1.00 bits per heavy atom. The van der Waals surface area contributed by atoms with Crippen molar-refractivity contribution in [3.05, 3.63) is 72.4 Å². The summed E-state index contributed by atoms with van der Waals surface area (Å²) in [6.07, 6.45) is 6.08. The van der Waals surface area contributed by atoms with E-state index in [1.54, 1.807) is 47.3 Å². The molecule has 2 aliphatic rings. The van der Waals surface area contributed by atoms with Crippen molar-refractivity contribution >= 4 is 38.5 Å². The predicted octanol–water partition coefficient (Wildman–Crippen LogP) is 3.51. The first-order valence-corrected chi connectivity index (χ1v) is 13.5. The molecule has 4 heterocycles. The standard InChI is InChI=1S/C25H24FN7O2S/c1-36(34,35)21-9-7-18(8-10-21)28-23-22-24(33(16-27-22)19-5-2-4-17(26)14-19)30-25(29-23)32-13-12-31-11-3-6-20(31)15-32/h2,4-10,14,16H,3,11-13,15H2,1H3,(H,28,29,30). The van der Waals surface area contributed by atoms with E-state index in [9.17, 15) is 12.8 Å². The van der Waals surface area contributed by atoms with Crippen molar-refractivity contribution in [3.8, 4) is 5.69 Å². The first kappa shape index (κ1) is 22.5. The number of nitrogens with zero attached hydrogens (tertiary/aromatic N) is 6. The van der Waals surface area contributed by atoms with Crippen molar-refractivity contribution in [1.82, 2.24) is 24.4 Å². The topological polar surface area (TPSA) is 96.2 Å². The molecule has 0 aliphatic carbocycles. The highest BCUT2D eigenvalue weighted by atomic mass is 32.2. The molecule has 0 bridgehead atoms. The van der Waals surface area contributed by atoms with Crippen LogP contribution in [0.15, 0.2) is 71.5 Å². The maximum atomic E-state index is 14.0. The second kappa shape index (κ2) is 8.59. The molecule has 36 heavy (non-hydrogen) atoms. The van der Waals surface area contributed by atoms with Crippen molar-refractivity contribution in [2.45, 2.75) is 11.3 Å². The zero-order valence-electron chi connectivity index (χ0n) is 19.6. The van der Waals surface area contributed by atoms with Gasteiger partial charge >= 0.3 is 0 Å². The Morgan fingerprint density at radius 3 is 2.58 bits per heavy atom. The summed E-state index contributed by atoms with van der Waals surface area (Å²) in [4.78, 5) is 19.0. The third-order valence-corrected chi connectivity index (χ3v) is 7.61. The summed E-state index contributed by atoms with van der Waals surface area (Å²) in [5.41, 5.74) is 3.61. The number of sulfone groups is 1. The SMILES string of the molecule is CS(=O)(=O)c1ccc(Nc2nc(N3CCN4CCC=C4C3)nc3c2ncn3-c2cccc(F)c2)cc1. The molecule has 2 aliphatic heterocycles. The van der Waals surface area contributed by atoms with Crippen LogP contribution in [0.1, 0.15) is 6.42 Å². The van der Waals surface area contributed by atoms with Gasteiger partial charge in [0.2, 0.25) is 5.95 Å². The molecule has 4 aromatic rings. The predicted molar refractivity (Wildman–Crippen MR) is 136 cm³/mol. The molecule has 1 saturated heterocycles. The largest absolute Gasteiger partial charge is 0.372 e. The number of fused-ring (bicyclic) bond motifs is 2. The van der Waals surface area contributed by atoms with Gasteiger partial charge in [0.1, 0.15) is 12.1 Å². The minimum atomic E-state index is -3.30. The van der Waals surface area contributed by atoms with E-state index < -0.39 is 9.84 Å². The lowest BCUT2D eigenvalue weighted by atomic mass is 10.3. The van der Waals surface area contributed by atoms with E-state index in [2.05, 4.69) is 26.2 Å². The van der Waals surface area contributed by atoms with Crippen LogP contribution in [0.2, 0.25) is 0 Å². The van der Waals surface area contributed by atoms with Crippen molar-refractivity contribution < 1.29 is 12.8 Å². The average Bonchev–Trinajstić information content (AvgIpc) is 3.50. The van der Waals surface area contributed by atoms with Gasteiger partial charge in [0.25, 0.3) is 0 Å². The first-order valence-electron chi connectivity index (χ1n) is 11.6. The highest BCUT2D eigenvalue weighted by Crippen LogP contribution is 2.30. The number of benzene rings is 2. The highest BCUT2D eigenvalue weighted by molar-refractivity contribution is 7.90. The van der Waals surface area contributed by atoms with Gasteiger partial charge in [-0.2, -0.15) is 9.97 Å². The van der Waals surface area contributed by atoms with Crippen LogP contribution in [0.25, 0.3) is 16.9 Å². The fraction of sp³-hybridized carbons (Fsp3) is 0.240. The zero-order valence-corrected chi connectivity index (χ0v) is 20.4. The minimum absolute atomic E-state index is 0.236.